The highest BCUT2D eigenvalue weighted by atomic mass is 16.5. The van der Waals surface area contributed by atoms with E-state index in [1.165, 1.54) is 0 Å². The summed E-state index contributed by atoms with van der Waals surface area (Å²) in [5.74, 6) is -1.20. The van der Waals surface area contributed by atoms with Gasteiger partial charge in [0.15, 0.2) is 6.10 Å². The molecule has 0 radical (unpaired) electrons. The maximum absolute atomic E-state index is 12.2. The first-order valence-corrected chi connectivity index (χ1v) is 9.19. The minimum atomic E-state index is -1.07. The lowest BCUT2D eigenvalue weighted by atomic mass is 10.1. The Morgan fingerprint density at radius 3 is 2.74 bits per heavy atom. The summed E-state index contributed by atoms with van der Waals surface area (Å²) in [7, 11) is 0. The van der Waals surface area contributed by atoms with Gasteiger partial charge in [-0.1, -0.05) is 13.3 Å². The van der Waals surface area contributed by atoms with Crippen LogP contribution in [0.15, 0.2) is 27.4 Å². The van der Waals surface area contributed by atoms with Gasteiger partial charge in [-0.15, -0.1) is 0 Å². The molecule has 0 spiro atoms. The number of hydrogen-bond donors (Lipinski definition) is 2. The van der Waals surface area contributed by atoms with Gasteiger partial charge in [-0.3, -0.25) is 4.79 Å². The van der Waals surface area contributed by atoms with E-state index in [4.69, 9.17) is 14.3 Å². The van der Waals surface area contributed by atoms with Crippen LogP contribution in [-0.2, 0) is 22.4 Å². The Morgan fingerprint density at radius 2 is 2.04 bits per heavy atom. The highest BCUT2D eigenvalue weighted by Gasteiger charge is 2.24. The highest BCUT2D eigenvalue weighted by molar-refractivity contribution is 5.86. The molecule has 0 saturated heterocycles. The number of carbonyl (C=O) groups excluding carboxylic acids is 1. The molecule has 3 rings (SSSR count). The number of fused-ring (bicyclic) bond motifs is 3. The average molecular weight is 373 g/mol. The summed E-state index contributed by atoms with van der Waals surface area (Å²) >= 11 is 0. The fourth-order valence-electron chi connectivity index (χ4n) is 3.43. The van der Waals surface area contributed by atoms with Crippen molar-refractivity contribution in [2.24, 2.45) is 0 Å². The van der Waals surface area contributed by atoms with Gasteiger partial charge in [0, 0.05) is 17.0 Å². The highest BCUT2D eigenvalue weighted by Crippen LogP contribution is 2.29. The van der Waals surface area contributed by atoms with E-state index in [-0.39, 0.29) is 5.63 Å². The van der Waals surface area contributed by atoms with E-state index in [1.807, 2.05) is 13.0 Å². The molecule has 2 N–H and O–H groups in total. The van der Waals surface area contributed by atoms with Gasteiger partial charge in [0.1, 0.15) is 17.4 Å². The maximum atomic E-state index is 12.2. The quantitative estimate of drug-likeness (QED) is 0.722. The van der Waals surface area contributed by atoms with E-state index >= 15 is 0 Å². The second-order valence-corrected chi connectivity index (χ2v) is 6.81. The molecule has 1 aliphatic rings. The summed E-state index contributed by atoms with van der Waals surface area (Å²) < 4.78 is 11.0. The van der Waals surface area contributed by atoms with Gasteiger partial charge < -0.3 is 19.6 Å². The van der Waals surface area contributed by atoms with Crippen molar-refractivity contribution in [3.05, 3.63) is 39.7 Å². The molecule has 144 valence electrons. The predicted octanol–water partition coefficient (Wildman–Crippen LogP) is 2.42. The number of benzene rings is 1. The molecule has 1 heterocycles. The predicted molar refractivity (Wildman–Crippen MR) is 99.1 cm³/mol. The lowest BCUT2D eigenvalue weighted by Crippen LogP contribution is -2.46. The van der Waals surface area contributed by atoms with Gasteiger partial charge in [-0.25, -0.2) is 9.59 Å². The van der Waals surface area contributed by atoms with Gasteiger partial charge >= 0.3 is 11.6 Å². The number of carbonyl (C=O) groups is 2. The third kappa shape index (κ3) is 3.97. The van der Waals surface area contributed by atoms with Crippen molar-refractivity contribution in [3.63, 3.8) is 0 Å². The molecular weight excluding hydrogens is 350 g/mol. The zero-order valence-electron chi connectivity index (χ0n) is 15.4. The number of aryl methyl sites for hydroxylation is 1. The Kier molecular flexibility index (Phi) is 5.48. The van der Waals surface area contributed by atoms with Crippen LogP contribution in [0, 0.1) is 0 Å². The number of aliphatic carboxylic acids is 1. The number of nitrogens with one attached hydrogen (secondary N) is 1. The molecule has 0 aliphatic heterocycles. The van der Waals surface area contributed by atoms with Crippen molar-refractivity contribution < 1.29 is 23.8 Å². The van der Waals surface area contributed by atoms with Crippen molar-refractivity contribution in [2.75, 3.05) is 0 Å². The average Bonchev–Trinajstić information content (AvgIpc) is 3.11. The molecule has 7 nitrogen and oxygen atoms in total. The van der Waals surface area contributed by atoms with Crippen LogP contribution in [0.25, 0.3) is 11.0 Å². The van der Waals surface area contributed by atoms with Crippen LogP contribution < -0.4 is 15.7 Å². The number of ether oxygens (including phenoxy) is 1. The molecule has 0 saturated carbocycles. The van der Waals surface area contributed by atoms with Crippen molar-refractivity contribution in [1.82, 2.24) is 5.32 Å². The largest absolute Gasteiger partial charge is 0.481 e. The monoisotopic (exact) mass is 373 g/mol. The lowest BCUT2D eigenvalue weighted by molar-refractivity contribution is -0.143. The Balaban J connectivity index is 1.76. The fraction of sp³-hybridized carbons (Fsp3) is 0.450. The van der Waals surface area contributed by atoms with Crippen molar-refractivity contribution >= 4 is 22.8 Å². The van der Waals surface area contributed by atoms with Crippen LogP contribution >= 0.6 is 0 Å². The van der Waals surface area contributed by atoms with Crippen LogP contribution in [0.1, 0.15) is 44.2 Å². The fourth-order valence-corrected chi connectivity index (χ4v) is 3.43. The summed E-state index contributed by atoms with van der Waals surface area (Å²) in [6.07, 6.45) is 2.63. The van der Waals surface area contributed by atoms with Gasteiger partial charge in [0.05, 0.1) is 0 Å². The molecule has 0 fully saturated rings. The van der Waals surface area contributed by atoms with Gasteiger partial charge in [-0.05, 0) is 50.3 Å². The molecule has 0 unspecified atom stereocenters. The first kappa shape index (κ1) is 18.9. The van der Waals surface area contributed by atoms with Crippen LogP contribution in [0.5, 0.6) is 5.75 Å². The number of carboxylic acid groups (broad SMARTS) is 1. The summed E-state index contributed by atoms with van der Waals surface area (Å²) in [6, 6.07) is 4.22. The molecule has 1 amide bonds. The standard InChI is InChI=1S/C20H23NO6/c1-3-5-16(19(23)24)21-18(22)11(2)26-12-8-9-14-13-6-4-7-15(13)20(25)27-17(14)10-12/h8-11,16H,3-7H2,1-2H3,(H,21,22)(H,23,24)/t11-,16-/m1/s1. The van der Waals surface area contributed by atoms with E-state index in [0.717, 1.165) is 35.8 Å². The molecule has 7 heteroatoms. The van der Waals surface area contributed by atoms with Gasteiger partial charge in [0.2, 0.25) is 0 Å². The number of hydrogen-bond acceptors (Lipinski definition) is 5. The summed E-state index contributed by atoms with van der Waals surface area (Å²) in [4.78, 5) is 35.5. The molecule has 27 heavy (non-hydrogen) atoms. The van der Waals surface area contributed by atoms with Crippen molar-refractivity contribution in [3.8, 4) is 5.75 Å². The Bertz CT molecular complexity index is 932. The number of carboxylic acids is 1. The third-order valence-corrected chi connectivity index (χ3v) is 4.82. The normalized spacial score (nSPS) is 15.2. The Morgan fingerprint density at radius 1 is 1.30 bits per heavy atom. The number of rotatable bonds is 7. The first-order chi connectivity index (χ1) is 12.9. The minimum absolute atomic E-state index is 0.318. The van der Waals surface area contributed by atoms with E-state index in [1.54, 1.807) is 19.1 Å². The third-order valence-electron chi connectivity index (χ3n) is 4.82. The summed E-state index contributed by atoms with van der Waals surface area (Å²) in [6.45, 7) is 3.39. The van der Waals surface area contributed by atoms with Crippen LogP contribution in [0.2, 0.25) is 0 Å². The summed E-state index contributed by atoms with van der Waals surface area (Å²) in [5, 5.41) is 12.5. The van der Waals surface area contributed by atoms with E-state index in [9.17, 15) is 14.4 Å². The summed E-state index contributed by atoms with van der Waals surface area (Å²) in [5.41, 5.74) is 1.89. The molecule has 2 atom stereocenters. The Hall–Kier alpha value is -2.83. The smallest absolute Gasteiger partial charge is 0.339 e. The Labute approximate surface area is 156 Å². The van der Waals surface area contributed by atoms with Crippen LogP contribution in [-0.4, -0.2) is 29.1 Å². The van der Waals surface area contributed by atoms with Gasteiger partial charge in [0.25, 0.3) is 5.91 Å². The zero-order valence-corrected chi connectivity index (χ0v) is 15.4. The lowest BCUT2D eigenvalue weighted by Gasteiger charge is -2.18. The number of amides is 1. The van der Waals surface area contributed by atoms with Crippen molar-refractivity contribution in [1.29, 1.82) is 0 Å². The molecule has 0 bridgehead atoms. The van der Waals surface area contributed by atoms with Crippen LogP contribution in [0.3, 0.4) is 0 Å². The van der Waals surface area contributed by atoms with Crippen molar-refractivity contribution in [2.45, 2.75) is 58.1 Å². The van der Waals surface area contributed by atoms with E-state index in [0.29, 0.717) is 24.2 Å². The first-order valence-electron chi connectivity index (χ1n) is 9.19. The topological polar surface area (TPSA) is 106 Å². The molecule has 2 aromatic rings. The molecular formula is C20H23NO6. The maximum Gasteiger partial charge on any atom is 0.339 e. The van der Waals surface area contributed by atoms with Gasteiger partial charge in [-0.2, -0.15) is 0 Å². The minimum Gasteiger partial charge on any atom is -0.481 e. The zero-order chi connectivity index (χ0) is 19.6. The SMILES string of the molecule is CCC[C@@H](NC(=O)[C@@H](C)Oc1ccc2c3c(c(=O)oc2c1)CCC3)C(=O)O. The van der Waals surface area contributed by atoms with E-state index in [2.05, 4.69) is 5.32 Å². The second kappa shape index (κ2) is 7.82. The second-order valence-electron chi connectivity index (χ2n) is 6.81. The van der Waals surface area contributed by atoms with Crippen LogP contribution in [0.4, 0.5) is 0 Å². The molecule has 1 aromatic heterocycles. The molecule has 1 aromatic carbocycles. The molecule has 1 aliphatic carbocycles. The van der Waals surface area contributed by atoms with E-state index < -0.39 is 24.0 Å².